The van der Waals surface area contributed by atoms with E-state index in [1.165, 1.54) is 0 Å². The lowest BCUT2D eigenvalue weighted by Crippen LogP contribution is -2.35. The van der Waals surface area contributed by atoms with Crippen molar-refractivity contribution in [3.05, 3.63) is 29.0 Å². The van der Waals surface area contributed by atoms with Crippen molar-refractivity contribution in [2.45, 2.75) is 6.92 Å². The largest absolute Gasteiger partial charge is 0.494 e. The predicted molar refractivity (Wildman–Crippen MR) is 60.0 cm³/mol. The maximum atomic E-state index is 5.27. The molecule has 3 N–H and O–H groups in total. The SMILES string of the molecule is C=C/C(OC)=c1/nc(C)c(NN)nc1=C. The van der Waals surface area contributed by atoms with Crippen molar-refractivity contribution in [2.75, 3.05) is 12.5 Å². The number of nitrogens with zero attached hydrogens (tertiary/aromatic N) is 2. The van der Waals surface area contributed by atoms with Gasteiger partial charge in [0.1, 0.15) is 11.1 Å². The topological polar surface area (TPSA) is 73.1 Å². The molecule has 0 bridgehead atoms. The standard InChI is InChI=1S/C10H14N4O/c1-5-8(15-4)9-6(2)13-10(14-11)7(3)12-9/h5H,1-2,11H2,3-4H3,(H,13,14)/b9-8-. The molecule has 0 saturated heterocycles. The highest BCUT2D eigenvalue weighted by Gasteiger charge is 2.02. The highest BCUT2D eigenvalue weighted by molar-refractivity contribution is 5.48. The molecular weight excluding hydrogens is 192 g/mol. The zero-order chi connectivity index (χ0) is 11.4. The van der Waals surface area contributed by atoms with Crippen LogP contribution in [0.3, 0.4) is 0 Å². The molecule has 0 radical (unpaired) electrons. The number of aromatic nitrogens is 2. The Hall–Kier alpha value is -1.88. The summed E-state index contributed by atoms with van der Waals surface area (Å²) >= 11 is 0. The van der Waals surface area contributed by atoms with Gasteiger partial charge >= 0.3 is 0 Å². The summed E-state index contributed by atoms with van der Waals surface area (Å²) < 4.78 is 5.10. The summed E-state index contributed by atoms with van der Waals surface area (Å²) in [6.07, 6.45) is 1.56. The van der Waals surface area contributed by atoms with Crippen LogP contribution < -0.4 is 22.0 Å². The van der Waals surface area contributed by atoms with E-state index in [-0.39, 0.29) is 0 Å². The predicted octanol–water partition coefficient (Wildman–Crippen LogP) is -0.578. The van der Waals surface area contributed by atoms with Crippen LogP contribution in [0.2, 0.25) is 0 Å². The smallest absolute Gasteiger partial charge is 0.162 e. The van der Waals surface area contributed by atoms with Crippen molar-refractivity contribution in [2.24, 2.45) is 5.84 Å². The van der Waals surface area contributed by atoms with Crippen molar-refractivity contribution in [1.29, 1.82) is 0 Å². The van der Waals surface area contributed by atoms with Crippen molar-refractivity contribution in [3.8, 4) is 0 Å². The van der Waals surface area contributed by atoms with E-state index in [1.54, 1.807) is 20.1 Å². The first kappa shape index (κ1) is 11.2. The molecule has 1 rings (SSSR count). The van der Waals surface area contributed by atoms with Crippen LogP contribution in [0.5, 0.6) is 0 Å². The van der Waals surface area contributed by atoms with Crippen LogP contribution in [0.1, 0.15) is 5.69 Å². The fourth-order valence-corrected chi connectivity index (χ4v) is 1.16. The third kappa shape index (κ3) is 2.13. The first-order valence-corrected chi connectivity index (χ1v) is 4.35. The molecule has 80 valence electrons. The molecule has 0 aliphatic carbocycles. The first-order valence-electron chi connectivity index (χ1n) is 4.35. The summed E-state index contributed by atoms with van der Waals surface area (Å²) in [6, 6.07) is 0. The summed E-state index contributed by atoms with van der Waals surface area (Å²) in [5, 5.41) is 1.06. The van der Waals surface area contributed by atoms with Gasteiger partial charge in [-0.25, -0.2) is 15.8 Å². The van der Waals surface area contributed by atoms with Gasteiger partial charge in [-0.3, -0.25) is 0 Å². The van der Waals surface area contributed by atoms with Gasteiger partial charge in [-0.2, -0.15) is 0 Å². The molecule has 5 heteroatoms. The number of methoxy groups -OCH3 is 1. The highest BCUT2D eigenvalue weighted by atomic mass is 16.5. The second-order valence-electron chi connectivity index (χ2n) is 2.87. The zero-order valence-corrected chi connectivity index (χ0v) is 8.87. The van der Waals surface area contributed by atoms with Crippen LogP contribution in [-0.2, 0) is 4.74 Å². The Bertz CT molecular complexity index is 481. The van der Waals surface area contributed by atoms with Gasteiger partial charge in [-0.1, -0.05) is 13.2 Å². The Morgan fingerprint density at radius 1 is 1.53 bits per heavy atom. The summed E-state index contributed by atoms with van der Waals surface area (Å²) in [5.74, 6) is 6.32. The quantitative estimate of drug-likeness (QED) is 0.511. The van der Waals surface area contributed by atoms with Crippen LogP contribution in [0.15, 0.2) is 12.7 Å². The van der Waals surface area contributed by atoms with Gasteiger partial charge < -0.3 is 10.2 Å². The fourth-order valence-electron chi connectivity index (χ4n) is 1.16. The van der Waals surface area contributed by atoms with E-state index >= 15 is 0 Å². The lowest BCUT2D eigenvalue weighted by atomic mass is 10.3. The van der Waals surface area contributed by atoms with Crippen LogP contribution in [0, 0.1) is 6.92 Å². The molecule has 0 atom stereocenters. The number of nitrogen functional groups attached to an aromatic ring is 1. The van der Waals surface area contributed by atoms with Gasteiger partial charge in [0.25, 0.3) is 0 Å². The van der Waals surface area contributed by atoms with E-state index in [0.717, 1.165) is 0 Å². The molecule has 0 spiro atoms. The molecule has 1 heterocycles. The van der Waals surface area contributed by atoms with Crippen LogP contribution >= 0.6 is 0 Å². The van der Waals surface area contributed by atoms with Crippen molar-refractivity contribution in [3.63, 3.8) is 0 Å². The normalized spacial score (nSPS) is 11.9. The molecule has 0 saturated carbocycles. The number of aryl methyl sites for hydroxylation is 1. The minimum Gasteiger partial charge on any atom is -0.494 e. The summed E-state index contributed by atoms with van der Waals surface area (Å²) in [5.41, 5.74) is 3.13. The lowest BCUT2D eigenvalue weighted by molar-refractivity contribution is 0.368. The third-order valence-electron chi connectivity index (χ3n) is 1.92. The van der Waals surface area contributed by atoms with E-state index in [2.05, 4.69) is 28.6 Å². The van der Waals surface area contributed by atoms with Gasteiger partial charge in [-0.15, -0.1) is 0 Å². The minimum atomic E-state index is 0.491. The fraction of sp³-hybridized carbons (Fsp3) is 0.200. The van der Waals surface area contributed by atoms with Gasteiger partial charge in [0.05, 0.1) is 18.2 Å². The number of ether oxygens (including phenoxy) is 1. The molecule has 0 aromatic carbocycles. The van der Waals surface area contributed by atoms with Gasteiger partial charge in [0.2, 0.25) is 0 Å². The summed E-state index contributed by atoms with van der Waals surface area (Å²) in [4.78, 5) is 8.43. The Kier molecular flexibility index (Phi) is 3.41. The van der Waals surface area contributed by atoms with E-state index in [1.807, 2.05) is 0 Å². The maximum absolute atomic E-state index is 5.27. The number of rotatable bonds is 3. The molecule has 5 nitrogen and oxygen atoms in total. The zero-order valence-electron chi connectivity index (χ0n) is 8.87. The van der Waals surface area contributed by atoms with Crippen molar-refractivity contribution in [1.82, 2.24) is 9.97 Å². The van der Waals surface area contributed by atoms with Gasteiger partial charge in [0, 0.05) is 0 Å². The average molecular weight is 206 g/mol. The number of hydrogen-bond donors (Lipinski definition) is 2. The van der Waals surface area contributed by atoms with Crippen LogP contribution in [0.25, 0.3) is 12.3 Å². The van der Waals surface area contributed by atoms with Crippen molar-refractivity contribution >= 4 is 18.2 Å². The molecule has 0 amide bonds. The number of nitrogens with one attached hydrogen (secondary N) is 1. The second kappa shape index (κ2) is 4.56. The Morgan fingerprint density at radius 2 is 2.20 bits per heavy atom. The van der Waals surface area contributed by atoms with E-state index < -0.39 is 0 Å². The maximum Gasteiger partial charge on any atom is 0.162 e. The number of hydrazine groups is 1. The first-order chi connectivity index (χ1) is 7.13. The highest BCUT2D eigenvalue weighted by Crippen LogP contribution is 2.00. The Morgan fingerprint density at radius 3 is 2.67 bits per heavy atom. The molecule has 0 aliphatic rings. The molecular formula is C10H14N4O. The second-order valence-corrected chi connectivity index (χ2v) is 2.87. The lowest BCUT2D eigenvalue weighted by Gasteiger charge is -2.04. The van der Waals surface area contributed by atoms with Crippen LogP contribution in [-0.4, -0.2) is 17.1 Å². The molecule has 15 heavy (non-hydrogen) atoms. The Labute approximate surface area is 88.0 Å². The minimum absolute atomic E-state index is 0.491. The van der Waals surface area contributed by atoms with E-state index in [0.29, 0.717) is 28.0 Å². The summed E-state index contributed by atoms with van der Waals surface area (Å²) in [6.45, 7) is 9.19. The molecule has 0 aliphatic heterocycles. The number of anilines is 1. The number of nitrogens with two attached hydrogens (primary N) is 1. The van der Waals surface area contributed by atoms with Crippen molar-refractivity contribution < 1.29 is 4.74 Å². The monoisotopic (exact) mass is 206 g/mol. The van der Waals surface area contributed by atoms with E-state index in [9.17, 15) is 0 Å². The molecule has 1 aromatic rings. The van der Waals surface area contributed by atoms with Crippen LogP contribution in [0.4, 0.5) is 5.82 Å². The van der Waals surface area contributed by atoms with Gasteiger partial charge in [-0.05, 0) is 13.0 Å². The number of hydrogen-bond acceptors (Lipinski definition) is 5. The van der Waals surface area contributed by atoms with Gasteiger partial charge in [0.15, 0.2) is 5.82 Å². The Balaban J connectivity index is 3.60. The summed E-state index contributed by atoms with van der Waals surface area (Å²) in [7, 11) is 1.54. The van der Waals surface area contributed by atoms with E-state index in [4.69, 9.17) is 10.6 Å². The molecule has 1 aromatic heterocycles. The molecule has 0 unspecified atom stereocenters. The molecule has 0 fully saturated rings. The third-order valence-corrected chi connectivity index (χ3v) is 1.92. The average Bonchev–Trinajstić information content (AvgIpc) is 2.24.